The van der Waals surface area contributed by atoms with Crippen LogP contribution in [0.25, 0.3) is 0 Å². The van der Waals surface area contributed by atoms with Gasteiger partial charge in [0.05, 0.1) is 4.88 Å². The minimum Gasteiger partial charge on any atom is -0.454 e. The standard InChI is InChI=1S/C16H18N2O3S/c1-10(15-4-3-7-22-15)17-11(2)16(19)18-12-5-6-13-14(8-12)21-9-20-13/h3-8,10-11,17H,9H2,1-2H3,(H,18,19)/p+1/t10-,11+/m1/s1. The zero-order valence-electron chi connectivity index (χ0n) is 12.5. The van der Waals surface area contributed by atoms with Crippen molar-refractivity contribution in [2.75, 3.05) is 12.1 Å². The SMILES string of the molecule is C[C@H]([NH2+][C@H](C)c1cccs1)C(=O)Nc1ccc2c(c1)OCO2. The molecule has 5 nitrogen and oxygen atoms in total. The Morgan fingerprint density at radius 1 is 1.27 bits per heavy atom. The molecule has 0 bridgehead atoms. The van der Waals surface area contributed by atoms with Crippen LogP contribution in [0.3, 0.4) is 0 Å². The summed E-state index contributed by atoms with van der Waals surface area (Å²) >= 11 is 1.71. The molecule has 0 radical (unpaired) electrons. The molecule has 1 aliphatic rings. The molecule has 1 amide bonds. The van der Waals surface area contributed by atoms with Crippen molar-refractivity contribution in [2.24, 2.45) is 0 Å². The van der Waals surface area contributed by atoms with Crippen molar-refractivity contribution in [2.45, 2.75) is 25.9 Å². The maximum atomic E-state index is 12.3. The van der Waals surface area contributed by atoms with Gasteiger partial charge in [-0.15, -0.1) is 11.3 Å². The van der Waals surface area contributed by atoms with Crippen LogP contribution < -0.4 is 20.1 Å². The Bertz CT molecular complexity index is 657. The maximum Gasteiger partial charge on any atom is 0.282 e. The predicted molar refractivity (Wildman–Crippen MR) is 85.3 cm³/mol. The zero-order valence-corrected chi connectivity index (χ0v) is 13.4. The largest absolute Gasteiger partial charge is 0.454 e. The summed E-state index contributed by atoms with van der Waals surface area (Å²) in [6, 6.07) is 9.62. The van der Waals surface area contributed by atoms with Crippen molar-refractivity contribution in [1.82, 2.24) is 0 Å². The Kier molecular flexibility index (Phi) is 4.31. The minimum atomic E-state index is -0.178. The van der Waals surface area contributed by atoms with Gasteiger partial charge < -0.3 is 20.1 Å². The summed E-state index contributed by atoms with van der Waals surface area (Å²) < 4.78 is 10.6. The molecule has 3 rings (SSSR count). The molecule has 1 aromatic carbocycles. The van der Waals surface area contributed by atoms with Gasteiger partial charge in [-0.05, 0) is 37.4 Å². The number of amides is 1. The summed E-state index contributed by atoms with van der Waals surface area (Å²) in [6.45, 7) is 4.25. The second kappa shape index (κ2) is 6.37. The molecular formula is C16H19N2O3S+. The number of fused-ring (bicyclic) bond motifs is 1. The highest BCUT2D eigenvalue weighted by Gasteiger charge is 2.22. The number of rotatable bonds is 5. The van der Waals surface area contributed by atoms with Gasteiger partial charge in [-0.1, -0.05) is 6.07 Å². The molecule has 0 fully saturated rings. The number of carbonyl (C=O) groups excluding carboxylic acids is 1. The van der Waals surface area contributed by atoms with E-state index < -0.39 is 0 Å². The normalized spacial score (nSPS) is 15.4. The first-order chi connectivity index (χ1) is 10.6. The monoisotopic (exact) mass is 319 g/mol. The molecule has 1 aromatic heterocycles. The summed E-state index contributed by atoms with van der Waals surface area (Å²) in [7, 11) is 0. The van der Waals surface area contributed by atoms with Gasteiger partial charge in [-0.2, -0.15) is 0 Å². The second-order valence-electron chi connectivity index (χ2n) is 5.34. The number of anilines is 1. The molecule has 2 aromatic rings. The van der Waals surface area contributed by atoms with Crippen LogP contribution in [0.15, 0.2) is 35.7 Å². The first-order valence-electron chi connectivity index (χ1n) is 7.22. The molecule has 0 saturated heterocycles. The van der Waals surface area contributed by atoms with E-state index >= 15 is 0 Å². The van der Waals surface area contributed by atoms with Gasteiger partial charge in [0.2, 0.25) is 6.79 Å². The van der Waals surface area contributed by atoms with Crippen LogP contribution in [-0.2, 0) is 4.79 Å². The number of nitrogens with one attached hydrogen (secondary N) is 1. The molecule has 2 heterocycles. The summed E-state index contributed by atoms with van der Waals surface area (Å²) in [5.74, 6) is 1.35. The molecule has 2 atom stereocenters. The Balaban J connectivity index is 1.59. The fraction of sp³-hybridized carbons (Fsp3) is 0.312. The van der Waals surface area contributed by atoms with Crippen LogP contribution in [0.5, 0.6) is 11.5 Å². The smallest absolute Gasteiger partial charge is 0.282 e. The van der Waals surface area contributed by atoms with Crippen molar-refractivity contribution in [3.63, 3.8) is 0 Å². The van der Waals surface area contributed by atoms with E-state index in [1.165, 1.54) is 4.88 Å². The molecule has 0 aliphatic carbocycles. The van der Waals surface area contributed by atoms with Crippen molar-refractivity contribution >= 4 is 22.9 Å². The van der Waals surface area contributed by atoms with E-state index in [2.05, 4.69) is 29.0 Å². The molecule has 0 saturated carbocycles. The molecule has 116 valence electrons. The van der Waals surface area contributed by atoms with Crippen LogP contribution in [0.1, 0.15) is 24.8 Å². The molecule has 1 aliphatic heterocycles. The Labute approximate surface area is 133 Å². The van der Waals surface area contributed by atoms with Crippen molar-refractivity contribution in [1.29, 1.82) is 0 Å². The Morgan fingerprint density at radius 2 is 2.09 bits per heavy atom. The minimum absolute atomic E-state index is 0.0257. The fourth-order valence-corrected chi connectivity index (χ4v) is 3.16. The van der Waals surface area contributed by atoms with Gasteiger partial charge in [0.1, 0.15) is 6.04 Å². The Hall–Kier alpha value is -2.05. The van der Waals surface area contributed by atoms with E-state index in [4.69, 9.17) is 9.47 Å². The number of hydrogen-bond acceptors (Lipinski definition) is 4. The average molecular weight is 319 g/mol. The second-order valence-corrected chi connectivity index (χ2v) is 6.32. The van der Waals surface area contributed by atoms with E-state index in [0.29, 0.717) is 11.5 Å². The number of hydrogen-bond donors (Lipinski definition) is 2. The van der Waals surface area contributed by atoms with Gasteiger partial charge in [0, 0.05) is 11.8 Å². The van der Waals surface area contributed by atoms with Crippen LogP contribution in [0.4, 0.5) is 5.69 Å². The van der Waals surface area contributed by atoms with Crippen LogP contribution in [0.2, 0.25) is 0 Å². The predicted octanol–water partition coefficient (Wildman–Crippen LogP) is 2.13. The highest BCUT2D eigenvalue weighted by atomic mass is 32.1. The zero-order chi connectivity index (χ0) is 15.5. The lowest BCUT2D eigenvalue weighted by atomic mass is 10.2. The van der Waals surface area contributed by atoms with Crippen LogP contribution >= 0.6 is 11.3 Å². The van der Waals surface area contributed by atoms with Crippen LogP contribution in [-0.4, -0.2) is 18.7 Å². The first kappa shape index (κ1) is 14.9. The van der Waals surface area contributed by atoms with Crippen molar-refractivity contribution < 1.29 is 19.6 Å². The van der Waals surface area contributed by atoms with Crippen molar-refractivity contribution in [3.05, 3.63) is 40.6 Å². The number of thiophene rings is 1. The molecule has 0 unspecified atom stereocenters. The number of carbonyl (C=O) groups is 1. The number of ether oxygens (including phenoxy) is 2. The first-order valence-corrected chi connectivity index (χ1v) is 8.10. The molecule has 0 spiro atoms. The van der Waals surface area contributed by atoms with E-state index in [1.54, 1.807) is 23.5 Å². The fourth-order valence-electron chi connectivity index (χ4n) is 2.40. The molecule has 22 heavy (non-hydrogen) atoms. The maximum absolute atomic E-state index is 12.3. The summed E-state index contributed by atoms with van der Waals surface area (Å²) in [5.41, 5.74) is 0.721. The third-order valence-corrected chi connectivity index (χ3v) is 4.70. The van der Waals surface area contributed by atoms with E-state index in [-0.39, 0.29) is 24.8 Å². The van der Waals surface area contributed by atoms with Gasteiger partial charge >= 0.3 is 0 Å². The lowest BCUT2D eigenvalue weighted by molar-refractivity contribution is -0.709. The topological polar surface area (TPSA) is 64.2 Å². The van der Waals surface area contributed by atoms with Crippen molar-refractivity contribution in [3.8, 4) is 11.5 Å². The van der Waals surface area contributed by atoms with E-state index in [0.717, 1.165) is 5.69 Å². The van der Waals surface area contributed by atoms with Gasteiger partial charge in [-0.3, -0.25) is 4.79 Å². The summed E-state index contributed by atoms with van der Waals surface area (Å²) in [4.78, 5) is 13.6. The highest BCUT2D eigenvalue weighted by Crippen LogP contribution is 2.34. The van der Waals surface area contributed by atoms with Gasteiger partial charge in [-0.25, -0.2) is 0 Å². The molecule has 3 N–H and O–H groups in total. The number of nitrogens with two attached hydrogens (primary N) is 1. The third kappa shape index (κ3) is 3.23. The Morgan fingerprint density at radius 3 is 2.86 bits per heavy atom. The van der Waals surface area contributed by atoms with Crippen LogP contribution in [0, 0.1) is 0 Å². The summed E-state index contributed by atoms with van der Waals surface area (Å²) in [5, 5.41) is 7.04. The lowest BCUT2D eigenvalue weighted by Gasteiger charge is -2.15. The van der Waals surface area contributed by atoms with Gasteiger partial charge in [0.25, 0.3) is 5.91 Å². The number of benzene rings is 1. The highest BCUT2D eigenvalue weighted by molar-refractivity contribution is 7.10. The lowest BCUT2D eigenvalue weighted by Crippen LogP contribution is -2.91. The van der Waals surface area contributed by atoms with E-state index in [1.807, 2.05) is 19.1 Å². The molecule has 6 heteroatoms. The van der Waals surface area contributed by atoms with Gasteiger partial charge in [0.15, 0.2) is 17.5 Å². The quantitative estimate of drug-likeness (QED) is 0.887. The molecular weight excluding hydrogens is 300 g/mol. The average Bonchev–Trinajstić information content (AvgIpc) is 3.18. The third-order valence-electron chi connectivity index (χ3n) is 3.62. The summed E-state index contributed by atoms with van der Waals surface area (Å²) in [6.07, 6.45) is 0. The number of quaternary nitrogens is 1. The van der Waals surface area contributed by atoms with E-state index in [9.17, 15) is 4.79 Å².